The van der Waals surface area contributed by atoms with Gasteiger partial charge in [-0.05, 0) is 68.1 Å². The number of rotatable bonds is 7. The molecule has 0 bridgehead atoms. The van der Waals surface area contributed by atoms with Crippen molar-refractivity contribution in [2.75, 3.05) is 10.0 Å². The van der Waals surface area contributed by atoms with E-state index in [1.54, 1.807) is 44.2 Å². The summed E-state index contributed by atoms with van der Waals surface area (Å²) in [5.41, 5.74) is 2.38. The lowest BCUT2D eigenvalue weighted by atomic mass is 9.88. The maximum absolute atomic E-state index is 13.0. The fourth-order valence-corrected chi connectivity index (χ4v) is 4.54. The van der Waals surface area contributed by atoms with Crippen LogP contribution in [0.25, 0.3) is 11.1 Å². The van der Waals surface area contributed by atoms with Crippen LogP contribution in [-0.4, -0.2) is 29.5 Å². The van der Waals surface area contributed by atoms with E-state index in [-0.39, 0.29) is 11.9 Å². The van der Waals surface area contributed by atoms with Gasteiger partial charge in [-0.3, -0.25) is 9.52 Å². The number of nitrogens with zero attached hydrogens (tertiary/aromatic N) is 3. The largest absolute Gasteiger partial charge is 0.325 e. The first-order chi connectivity index (χ1) is 15.7. The number of carbonyl (C=O) groups excluding carboxylic acids is 1. The lowest BCUT2D eigenvalue weighted by Gasteiger charge is -2.23. The van der Waals surface area contributed by atoms with E-state index in [9.17, 15) is 13.2 Å². The summed E-state index contributed by atoms with van der Waals surface area (Å²) in [6, 6.07) is 18.3. The maximum atomic E-state index is 13.0. The Labute approximate surface area is 192 Å². The lowest BCUT2D eigenvalue weighted by molar-refractivity contribution is -0.120. The summed E-state index contributed by atoms with van der Waals surface area (Å²) in [5.74, 6) is -0.333. The molecule has 4 rings (SSSR count). The molecule has 3 aromatic rings. The molecule has 0 spiro atoms. The van der Waals surface area contributed by atoms with E-state index in [0.717, 1.165) is 11.1 Å². The summed E-state index contributed by atoms with van der Waals surface area (Å²) in [7, 11) is -3.50. The molecular formula is C24H23N5O3S. The number of aromatic nitrogens is 2. The van der Waals surface area contributed by atoms with Crippen molar-refractivity contribution in [3.05, 3.63) is 72.1 Å². The highest BCUT2D eigenvalue weighted by Crippen LogP contribution is 2.30. The number of hydrogen-bond acceptors (Lipinski definition) is 6. The van der Waals surface area contributed by atoms with Crippen LogP contribution in [0.5, 0.6) is 0 Å². The van der Waals surface area contributed by atoms with Gasteiger partial charge in [-0.1, -0.05) is 24.3 Å². The summed E-state index contributed by atoms with van der Waals surface area (Å²) in [6.45, 7) is 3.43. The van der Waals surface area contributed by atoms with Gasteiger partial charge < -0.3 is 5.32 Å². The third kappa shape index (κ3) is 5.02. The van der Waals surface area contributed by atoms with Crippen molar-refractivity contribution in [3.8, 4) is 17.2 Å². The average molecular weight is 462 g/mol. The summed E-state index contributed by atoms with van der Waals surface area (Å²) in [6.07, 6.45) is 2.70. The van der Waals surface area contributed by atoms with Crippen LogP contribution >= 0.6 is 0 Å². The fraction of sp³-hybridized carbons (Fsp3) is 0.250. The third-order valence-corrected chi connectivity index (χ3v) is 7.34. The van der Waals surface area contributed by atoms with Gasteiger partial charge in [0.2, 0.25) is 21.9 Å². The molecule has 0 atom stereocenters. The number of nitriles is 1. The van der Waals surface area contributed by atoms with Crippen LogP contribution in [0.3, 0.4) is 0 Å². The molecule has 0 aliphatic heterocycles. The Morgan fingerprint density at radius 2 is 1.82 bits per heavy atom. The van der Waals surface area contributed by atoms with Gasteiger partial charge in [-0.2, -0.15) is 5.26 Å². The molecule has 168 valence electrons. The van der Waals surface area contributed by atoms with E-state index in [4.69, 9.17) is 5.26 Å². The summed E-state index contributed by atoms with van der Waals surface area (Å²) >= 11 is 0. The number of amides is 1. The predicted molar refractivity (Wildman–Crippen MR) is 126 cm³/mol. The van der Waals surface area contributed by atoms with Crippen LogP contribution < -0.4 is 10.0 Å². The predicted octanol–water partition coefficient (Wildman–Crippen LogP) is 3.84. The topological polar surface area (TPSA) is 125 Å². The molecule has 1 aliphatic carbocycles. The van der Waals surface area contributed by atoms with Crippen molar-refractivity contribution in [3.63, 3.8) is 0 Å². The molecule has 1 saturated carbocycles. The monoisotopic (exact) mass is 461 g/mol. The quantitative estimate of drug-likeness (QED) is 0.551. The average Bonchev–Trinajstić information content (AvgIpc) is 3.66. The molecule has 1 amide bonds. The normalized spacial score (nSPS) is 13.7. The van der Waals surface area contributed by atoms with Crippen molar-refractivity contribution in [1.29, 1.82) is 5.26 Å². The smallest absolute Gasteiger partial charge is 0.237 e. The zero-order chi connectivity index (χ0) is 23.6. The van der Waals surface area contributed by atoms with Crippen molar-refractivity contribution in [1.82, 2.24) is 9.97 Å². The first-order valence-corrected chi connectivity index (χ1v) is 12.0. The number of hydrogen-bond donors (Lipinski definition) is 2. The highest BCUT2D eigenvalue weighted by Gasteiger charge is 2.37. The van der Waals surface area contributed by atoms with E-state index in [2.05, 4.69) is 26.1 Å². The number of sulfonamides is 1. The van der Waals surface area contributed by atoms with Crippen molar-refractivity contribution < 1.29 is 13.2 Å². The van der Waals surface area contributed by atoms with E-state index in [1.165, 1.54) is 6.20 Å². The summed E-state index contributed by atoms with van der Waals surface area (Å²) in [5, 5.41) is 11.6. The molecule has 2 N–H and O–H groups in total. The van der Waals surface area contributed by atoms with E-state index >= 15 is 0 Å². The number of carbonyl (C=O) groups is 1. The molecule has 2 aromatic carbocycles. The molecule has 1 aliphatic rings. The minimum Gasteiger partial charge on any atom is -0.325 e. The molecule has 33 heavy (non-hydrogen) atoms. The highest BCUT2D eigenvalue weighted by atomic mass is 32.2. The summed E-state index contributed by atoms with van der Waals surface area (Å²) < 4.78 is 26.8. The van der Waals surface area contributed by atoms with Gasteiger partial charge in [0.15, 0.2) is 0 Å². The van der Waals surface area contributed by atoms with Crippen LogP contribution in [0.1, 0.15) is 37.9 Å². The Kier molecular flexibility index (Phi) is 5.87. The van der Waals surface area contributed by atoms with Crippen LogP contribution in [-0.2, 0) is 20.2 Å². The zero-order valence-corrected chi connectivity index (χ0v) is 19.1. The molecule has 9 heteroatoms. The van der Waals surface area contributed by atoms with Gasteiger partial charge in [0.1, 0.15) is 0 Å². The molecule has 8 nitrogen and oxygen atoms in total. The standard InChI is InChI=1S/C24H23N5O3S/c1-24(2,21-12-13-26-23(28-21)29-33(31,32)20-10-11-20)22(30)27-19-8-6-17(7-9-19)18-5-3-4-16(14-18)15-25/h3-9,12-14,20H,10-11H2,1-2H3,(H,27,30)(H,26,28,29). The SMILES string of the molecule is CC(C)(C(=O)Nc1ccc(-c2cccc(C#N)c2)cc1)c1ccnc(NS(=O)(=O)C2CC2)n1. The van der Waals surface area contributed by atoms with Crippen molar-refractivity contribution >= 4 is 27.6 Å². The van der Waals surface area contributed by atoms with Gasteiger partial charge in [-0.15, -0.1) is 0 Å². The van der Waals surface area contributed by atoms with Crippen LogP contribution in [0, 0.1) is 11.3 Å². The second kappa shape index (κ2) is 8.64. The van der Waals surface area contributed by atoms with Crippen molar-refractivity contribution in [2.24, 2.45) is 0 Å². The molecule has 1 aromatic heterocycles. The fourth-order valence-electron chi connectivity index (χ4n) is 3.26. The second-order valence-corrected chi connectivity index (χ2v) is 10.4. The van der Waals surface area contributed by atoms with Gasteiger partial charge in [0.05, 0.1) is 28.0 Å². The number of nitrogens with one attached hydrogen (secondary N) is 2. The Morgan fingerprint density at radius 1 is 1.09 bits per heavy atom. The maximum Gasteiger partial charge on any atom is 0.237 e. The molecule has 0 radical (unpaired) electrons. The van der Waals surface area contributed by atoms with Crippen LogP contribution in [0.4, 0.5) is 11.6 Å². The van der Waals surface area contributed by atoms with E-state index in [0.29, 0.717) is 29.8 Å². The van der Waals surface area contributed by atoms with Crippen molar-refractivity contribution in [2.45, 2.75) is 37.4 Å². The summed E-state index contributed by atoms with van der Waals surface area (Å²) in [4.78, 5) is 21.3. The molecule has 0 unspecified atom stereocenters. The zero-order valence-electron chi connectivity index (χ0n) is 18.2. The van der Waals surface area contributed by atoms with Crippen LogP contribution in [0.15, 0.2) is 60.8 Å². The minimum atomic E-state index is -3.50. The molecule has 1 heterocycles. The minimum absolute atomic E-state index is 0.0378. The van der Waals surface area contributed by atoms with Gasteiger partial charge >= 0.3 is 0 Å². The van der Waals surface area contributed by atoms with Gasteiger partial charge in [0, 0.05) is 11.9 Å². The highest BCUT2D eigenvalue weighted by molar-refractivity contribution is 7.93. The Hall–Kier alpha value is -3.77. The van der Waals surface area contributed by atoms with Crippen LogP contribution in [0.2, 0.25) is 0 Å². The Bertz CT molecular complexity index is 1340. The lowest BCUT2D eigenvalue weighted by Crippen LogP contribution is -2.36. The van der Waals surface area contributed by atoms with E-state index in [1.807, 2.05) is 24.3 Å². The third-order valence-electron chi connectivity index (χ3n) is 5.53. The first kappa shape index (κ1) is 22.4. The molecular weight excluding hydrogens is 438 g/mol. The second-order valence-electron chi connectivity index (χ2n) is 8.46. The Balaban J connectivity index is 1.48. The molecule has 0 saturated heterocycles. The Morgan fingerprint density at radius 3 is 2.48 bits per heavy atom. The van der Waals surface area contributed by atoms with Gasteiger partial charge in [0.25, 0.3) is 0 Å². The first-order valence-electron chi connectivity index (χ1n) is 10.5. The molecule has 1 fully saturated rings. The number of anilines is 2. The van der Waals surface area contributed by atoms with Gasteiger partial charge in [-0.25, -0.2) is 18.4 Å². The van der Waals surface area contributed by atoms with E-state index < -0.39 is 20.7 Å². The number of benzene rings is 2.